The lowest BCUT2D eigenvalue weighted by Crippen LogP contribution is -2.37. The first-order chi connectivity index (χ1) is 15.7. The molecule has 33 heavy (non-hydrogen) atoms. The van der Waals surface area contributed by atoms with Crippen LogP contribution < -0.4 is 0 Å². The number of halogens is 5. The second-order valence-electron chi connectivity index (χ2n) is 6.61. The highest BCUT2D eigenvalue weighted by molar-refractivity contribution is 9.11. The molecule has 7 nitrogen and oxygen atoms in total. The quantitative estimate of drug-likeness (QED) is 0.460. The Balaban J connectivity index is 1.74. The van der Waals surface area contributed by atoms with Crippen LogP contribution in [0, 0.1) is 23.3 Å². The minimum atomic E-state index is -1.54. The number of aromatic nitrogens is 1. The smallest absolute Gasteiger partial charge is 0.330 e. The van der Waals surface area contributed by atoms with Crippen LogP contribution >= 0.6 is 27.3 Å². The van der Waals surface area contributed by atoms with Gasteiger partial charge in [0, 0.05) is 6.20 Å². The summed E-state index contributed by atoms with van der Waals surface area (Å²) >= 11 is 4.06. The van der Waals surface area contributed by atoms with Crippen LogP contribution in [0.25, 0.3) is 0 Å². The summed E-state index contributed by atoms with van der Waals surface area (Å²) in [4.78, 5) is 48.0. The standard InChI is InChI=1S/C20H10BrF4N3O4S/c21-20-26-7-13(33-20)17-27(18(30)15-9(22)3-1-4-10(15)23)8-14(29)28(17)32-19(31)16-11(24)5-2-6-12(16)25/h1-7,17H,8H2. The van der Waals surface area contributed by atoms with Crippen molar-refractivity contribution in [1.82, 2.24) is 14.9 Å². The molecule has 3 aromatic rings. The van der Waals surface area contributed by atoms with Gasteiger partial charge in [0.15, 0.2) is 10.1 Å². The number of nitrogens with zero attached hydrogens (tertiary/aromatic N) is 3. The molecule has 1 atom stereocenters. The number of hydrogen-bond acceptors (Lipinski definition) is 6. The van der Waals surface area contributed by atoms with E-state index in [9.17, 15) is 31.9 Å². The highest BCUT2D eigenvalue weighted by atomic mass is 79.9. The Kier molecular flexibility index (Phi) is 6.17. The number of amides is 2. The third kappa shape index (κ3) is 4.20. The normalized spacial score (nSPS) is 15.8. The maximum atomic E-state index is 14.2. The first kappa shape index (κ1) is 22.9. The van der Waals surface area contributed by atoms with Crippen LogP contribution in [0.5, 0.6) is 0 Å². The van der Waals surface area contributed by atoms with Crippen molar-refractivity contribution in [3.8, 4) is 0 Å². The summed E-state index contributed by atoms with van der Waals surface area (Å²) in [5.74, 6) is -8.51. The van der Waals surface area contributed by atoms with Gasteiger partial charge >= 0.3 is 5.97 Å². The van der Waals surface area contributed by atoms with E-state index in [4.69, 9.17) is 4.84 Å². The van der Waals surface area contributed by atoms with Gasteiger partial charge in [-0.2, -0.15) is 0 Å². The third-order valence-corrected chi connectivity index (χ3v) is 6.12. The largest absolute Gasteiger partial charge is 0.369 e. The Bertz CT molecular complexity index is 1250. The highest BCUT2D eigenvalue weighted by Gasteiger charge is 2.47. The van der Waals surface area contributed by atoms with E-state index in [1.165, 1.54) is 6.20 Å². The molecule has 2 heterocycles. The number of carbonyl (C=O) groups is 3. The van der Waals surface area contributed by atoms with Crippen molar-refractivity contribution in [2.45, 2.75) is 6.17 Å². The molecule has 1 aliphatic rings. The Morgan fingerprint density at radius 1 is 1.00 bits per heavy atom. The van der Waals surface area contributed by atoms with Gasteiger partial charge in [-0.05, 0) is 40.2 Å². The van der Waals surface area contributed by atoms with Gasteiger partial charge in [-0.15, -0.1) is 16.4 Å². The topological polar surface area (TPSA) is 79.8 Å². The highest BCUT2D eigenvalue weighted by Crippen LogP contribution is 2.37. The molecule has 2 amide bonds. The monoisotopic (exact) mass is 543 g/mol. The molecule has 4 rings (SSSR count). The zero-order valence-corrected chi connectivity index (χ0v) is 18.5. The zero-order chi connectivity index (χ0) is 23.9. The Morgan fingerprint density at radius 2 is 1.55 bits per heavy atom. The van der Waals surface area contributed by atoms with Crippen LogP contribution in [-0.2, 0) is 9.63 Å². The molecular weight excluding hydrogens is 534 g/mol. The second kappa shape index (κ2) is 8.90. The van der Waals surface area contributed by atoms with Crippen molar-refractivity contribution in [3.63, 3.8) is 0 Å². The van der Waals surface area contributed by atoms with Gasteiger partial charge in [0.25, 0.3) is 11.8 Å². The van der Waals surface area contributed by atoms with Gasteiger partial charge in [0.05, 0.1) is 4.88 Å². The molecule has 0 spiro atoms. The van der Waals surface area contributed by atoms with Crippen molar-refractivity contribution in [3.05, 3.63) is 85.8 Å². The lowest BCUT2D eigenvalue weighted by molar-refractivity contribution is -0.171. The molecule has 1 unspecified atom stereocenters. The molecule has 1 saturated heterocycles. The first-order valence-corrected chi connectivity index (χ1v) is 10.6. The van der Waals surface area contributed by atoms with Crippen LogP contribution in [0.4, 0.5) is 17.6 Å². The number of benzene rings is 2. The predicted octanol–water partition coefficient (Wildman–Crippen LogP) is 4.22. The third-order valence-electron chi connectivity index (χ3n) is 4.60. The van der Waals surface area contributed by atoms with Crippen molar-refractivity contribution in [2.75, 3.05) is 6.54 Å². The molecule has 2 aromatic carbocycles. The Morgan fingerprint density at radius 3 is 2.06 bits per heavy atom. The maximum Gasteiger partial charge on any atom is 0.369 e. The molecule has 0 aliphatic carbocycles. The van der Waals surface area contributed by atoms with Crippen molar-refractivity contribution < 1.29 is 36.8 Å². The molecule has 170 valence electrons. The van der Waals surface area contributed by atoms with E-state index in [1.807, 2.05) is 0 Å². The lowest BCUT2D eigenvalue weighted by Gasteiger charge is -2.27. The zero-order valence-electron chi connectivity index (χ0n) is 16.1. The fourth-order valence-electron chi connectivity index (χ4n) is 3.17. The average Bonchev–Trinajstić information content (AvgIpc) is 3.31. The van der Waals surface area contributed by atoms with E-state index in [0.717, 1.165) is 52.6 Å². The summed E-state index contributed by atoms with van der Waals surface area (Å²) < 4.78 is 56.8. The lowest BCUT2D eigenvalue weighted by atomic mass is 10.1. The molecule has 0 N–H and O–H groups in total. The van der Waals surface area contributed by atoms with Gasteiger partial charge in [0.2, 0.25) is 0 Å². The number of hydrogen-bond donors (Lipinski definition) is 0. The predicted molar refractivity (Wildman–Crippen MR) is 109 cm³/mol. The van der Waals surface area contributed by atoms with Crippen LogP contribution in [-0.4, -0.2) is 39.3 Å². The Labute approximate surface area is 195 Å². The van der Waals surface area contributed by atoms with E-state index in [0.29, 0.717) is 8.98 Å². The summed E-state index contributed by atoms with van der Waals surface area (Å²) in [6.45, 7) is -0.736. The fraction of sp³-hybridized carbons (Fsp3) is 0.100. The van der Waals surface area contributed by atoms with Crippen LogP contribution in [0.1, 0.15) is 31.8 Å². The molecular formula is C20H10BrF4N3O4S. The molecule has 0 saturated carbocycles. The molecule has 13 heteroatoms. The van der Waals surface area contributed by atoms with Crippen molar-refractivity contribution >= 4 is 45.1 Å². The minimum absolute atomic E-state index is 0.166. The van der Waals surface area contributed by atoms with E-state index >= 15 is 0 Å². The summed E-state index contributed by atoms with van der Waals surface area (Å²) in [5, 5.41) is 0.421. The average molecular weight is 544 g/mol. The van der Waals surface area contributed by atoms with Gasteiger partial charge in [-0.3, -0.25) is 9.59 Å². The van der Waals surface area contributed by atoms with Crippen molar-refractivity contribution in [1.29, 1.82) is 0 Å². The van der Waals surface area contributed by atoms with Crippen molar-refractivity contribution in [2.24, 2.45) is 0 Å². The molecule has 1 aliphatic heterocycles. The maximum absolute atomic E-state index is 14.2. The van der Waals surface area contributed by atoms with Gasteiger partial charge in [-0.25, -0.2) is 27.3 Å². The van der Waals surface area contributed by atoms with Gasteiger partial charge in [0.1, 0.15) is 40.9 Å². The van der Waals surface area contributed by atoms with Crippen LogP contribution in [0.15, 0.2) is 46.5 Å². The summed E-state index contributed by atoms with van der Waals surface area (Å²) in [7, 11) is 0. The van der Waals surface area contributed by atoms with E-state index in [2.05, 4.69) is 20.9 Å². The van der Waals surface area contributed by atoms with Gasteiger partial charge < -0.3 is 9.74 Å². The number of thiazole rings is 1. The minimum Gasteiger partial charge on any atom is -0.330 e. The Hall–Kier alpha value is -3.32. The fourth-order valence-corrected chi connectivity index (χ4v) is 4.57. The number of hydroxylamine groups is 2. The summed E-state index contributed by atoms with van der Waals surface area (Å²) in [6.07, 6.45) is -0.257. The van der Waals surface area contributed by atoms with E-state index < -0.39 is 64.9 Å². The first-order valence-electron chi connectivity index (χ1n) is 9.03. The summed E-state index contributed by atoms with van der Waals surface area (Å²) in [6, 6.07) is 5.46. The SMILES string of the molecule is O=C(ON1C(=O)CN(C(=O)c2c(F)cccc2F)C1c1cnc(Br)s1)c1c(F)cccc1F. The second-order valence-corrected chi connectivity index (χ2v) is 8.95. The van der Waals surface area contributed by atoms with Gasteiger partial charge in [-0.1, -0.05) is 12.1 Å². The number of rotatable bonds is 4. The van der Waals surface area contributed by atoms with E-state index in [1.54, 1.807) is 0 Å². The van der Waals surface area contributed by atoms with Crippen LogP contribution in [0.3, 0.4) is 0 Å². The molecule has 0 bridgehead atoms. The molecule has 0 radical (unpaired) electrons. The molecule has 1 fully saturated rings. The number of carbonyl (C=O) groups excluding carboxylic acids is 3. The molecule has 1 aromatic heterocycles. The van der Waals surface area contributed by atoms with Crippen LogP contribution in [0.2, 0.25) is 0 Å². The van der Waals surface area contributed by atoms with E-state index in [-0.39, 0.29) is 4.88 Å². The summed E-state index contributed by atoms with van der Waals surface area (Å²) in [5.41, 5.74) is -1.98.